The Morgan fingerprint density at radius 1 is 0.880 bits per heavy atom. The van der Waals surface area contributed by atoms with Crippen LogP contribution < -0.4 is 16.2 Å². The maximum absolute atomic E-state index is 12.2. The minimum Gasteiger partial charge on any atom is -0.507 e. The number of carbonyl (C=O) groups is 2. The van der Waals surface area contributed by atoms with Crippen molar-refractivity contribution in [1.29, 1.82) is 0 Å². The summed E-state index contributed by atoms with van der Waals surface area (Å²) in [7, 11) is 0. The number of benzene rings is 3. The van der Waals surface area contributed by atoms with Crippen LogP contribution in [0.3, 0.4) is 0 Å². The van der Waals surface area contributed by atoms with Crippen LogP contribution in [0, 0.1) is 6.92 Å². The number of urea groups is 1. The van der Waals surface area contributed by atoms with Gasteiger partial charge in [-0.25, -0.2) is 10.2 Å². The molecule has 0 radical (unpaired) electrons. The van der Waals surface area contributed by atoms with Gasteiger partial charge in [-0.05, 0) is 41.5 Å². The second-order valence-corrected chi connectivity index (χ2v) is 5.56. The van der Waals surface area contributed by atoms with Gasteiger partial charge in [0, 0.05) is 5.69 Å². The van der Waals surface area contributed by atoms with E-state index in [2.05, 4.69) is 16.2 Å². The topological polar surface area (TPSA) is 90.5 Å². The quantitative estimate of drug-likeness (QED) is 0.542. The number of aryl methyl sites for hydroxylation is 1. The minimum atomic E-state index is -0.608. The molecule has 0 unspecified atom stereocenters. The predicted octanol–water partition coefficient (Wildman–Crippen LogP) is 3.32. The van der Waals surface area contributed by atoms with Crippen LogP contribution in [0.15, 0.2) is 60.7 Å². The van der Waals surface area contributed by atoms with Crippen molar-refractivity contribution in [2.75, 3.05) is 5.32 Å². The smallest absolute Gasteiger partial charge is 0.337 e. The summed E-state index contributed by atoms with van der Waals surface area (Å²) in [6.45, 7) is 1.86. The molecule has 0 bridgehead atoms. The van der Waals surface area contributed by atoms with Gasteiger partial charge in [-0.2, -0.15) is 0 Å². The molecule has 126 valence electrons. The number of hydrogen-bond donors (Lipinski definition) is 4. The van der Waals surface area contributed by atoms with Crippen LogP contribution in [-0.2, 0) is 0 Å². The normalized spacial score (nSPS) is 10.3. The molecule has 6 nitrogen and oxygen atoms in total. The number of hydrogen-bond acceptors (Lipinski definition) is 3. The number of fused-ring (bicyclic) bond motifs is 1. The zero-order chi connectivity index (χ0) is 17.8. The zero-order valence-electron chi connectivity index (χ0n) is 13.5. The molecule has 0 fully saturated rings. The van der Waals surface area contributed by atoms with Crippen LogP contribution in [0.25, 0.3) is 10.8 Å². The molecule has 3 aromatic carbocycles. The van der Waals surface area contributed by atoms with Crippen molar-refractivity contribution in [3.05, 3.63) is 71.8 Å². The Labute approximate surface area is 144 Å². The number of nitrogens with one attached hydrogen (secondary N) is 3. The first kappa shape index (κ1) is 16.3. The Morgan fingerprint density at radius 2 is 1.52 bits per heavy atom. The fourth-order valence-corrected chi connectivity index (χ4v) is 2.46. The fraction of sp³-hybridized carbons (Fsp3) is 0.0526. The molecule has 0 aromatic heterocycles. The molecule has 0 aliphatic heterocycles. The first-order chi connectivity index (χ1) is 12.0. The SMILES string of the molecule is Cc1ccccc1NC(=O)NNC(=O)c1cc2ccccc2cc1O. The molecule has 3 amide bonds. The summed E-state index contributed by atoms with van der Waals surface area (Å²) in [5.41, 5.74) is 6.17. The third-order valence-corrected chi connectivity index (χ3v) is 3.79. The van der Waals surface area contributed by atoms with E-state index in [0.29, 0.717) is 5.69 Å². The molecule has 4 N–H and O–H groups in total. The number of phenols is 1. The highest BCUT2D eigenvalue weighted by atomic mass is 16.3. The molecule has 0 atom stereocenters. The van der Waals surface area contributed by atoms with Crippen LogP contribution in [0.4, 0.5) is 10.5 Å². The summed E-state index contributed by atoms with van der Waals surface area (Å²) in [4.78, 5) is 24.1. The molecule has 0 spiro atoms. The minimum absolute atomic E-state index is 0.0786. The van der Waals surface area contributed by atoms with E-state index in [-0.39, 0.29) is 11.3 Å². The van der Waals surface area contributed by atoms with Crippen LogP contribution in [0.2, 0.25) is 0 Å². The van der Waals surface area contributed by atoms with Gasteiger partial charge >= 0.3 is 6.03 Å². The first-order valence-corrected chi connectivity index (χ1v) is 7.69. The summed E-state index contributed by atoms with van der Waals surface area (Å²) >= 11 is 0. The Hall–Kier alpha value is -3.54. The van der Waals surface area contributed by atoms with Gasteiger partial charge in [0.05, 0.1) is 5.56 Å². The molecule has 3 rings (SSSR count). The number of anilines is 1. The lowest BCUT2D eigenvalue weighted by atomic mass is 10.1. The fourth-order valence-electron chi connectivity index (χ4n) is 2.46. The zero-order valence-corrected chi connectivity index (χ0v) is 13.5. The molecule has 0 aliphatic carbocycles. The van der Waals surface area contributed by atoms with Gasteiger partial charge in [0.15, 0.2) is 0 Å². The summed E-state index contributed by atoms with van der Waals surface area (Å²) < 4.78 is 0. The molecule has 0 saturated carbocycles. The molecule has 6 heteroatoms. The number of carbonyl (C=O) groups excluding carboxylic acids is 2. The highest BCUT2D eigenvalue weighted by Crippen LogP contribution is 2.24. The molecular formula is C19H17N3O3. The van der Waals surface area contributed by atoms with Gasteiger partial charge in [-0.3, -0.25) is 10.2 Å². The lowest BCUT2D eigenvalue weighted by molar-refractivity contribution is 0.0935. The van der Waals surface area contributed by atoms with E-state index in [1.165, 1.54) is 6.07 Å². The van der Waals surface area contributed by atoms with Gasteiger partial charge in [-0.1, -0.05) is 42.5 Å². The average Bonchev–Trinajstić information content (AvgIpc) is 2.61. The molecule has 0 heterocycles. The van der Waals surface area contributed by atoms with E-state index in [1.54, 1.807) is 18.2 Å². The molecular weight excluding hydrogens is 318 g/mol. The largest absolute Gasteiger partial charge is 0.507 e. The van der Waals surface area contributed by atoms with E-state index < -0.39 is 11.9 Å². The van der Waals surface area contributed by atoms with Crippen molar-refractivity contribution in [2.24, 2.45) is 0 Å². The number of para-hydroxylation sites is 1. The lowest BCUT2D eigenvalue weighted by Crippen LogP contribution is -2.44. The highest BCUT2D eigenvalue weighted by molar-refractivity contribution is 6.02. The Kier molecular flexibility index (Phi) is 4.52. The van der Waals surface area contributed by atoms with Gasteiger partial charge in [0.1, 0.15) is 5.75 Å². The average molecular weight is 335 g/mol. The maximum Gasteiger partial charge on any atom is 0.337 e. The van der Waals surface area contributed by atoms with Gasteiger partial charge in [0.25, 0.3) is 5.91 Å². The van der Waals surface area contributed by atoms with Crippen molar-refractivity contribution >= 4 is 28.4 Å². The number of rotatable bonds is 2. The predicted molar refractivity (Wildman–Crippen MR) is 96.4 cm³/mol. The van der Waals surface area contributed by atoms with Crippen molar-refractivity contribution < 1.29 is 14.7 Å². The van der Waals surface area contributed by atoms with Crippen molar-refractivity contribution in [2.45, 2.75) is 6.92 Å². The lowest BCUT2D eigenvalue weighted by Gasteiger charge is -2.11. The number of amides is 3. The van der Waals surface area contributed by atoms with Gasteiger partial charge in [0.2, 0.25) is 0 Å². The summed E-state index contributed by atoms with van der Waals surface area (Å²) in [5, 5.41) is 14.3. The van der Waals surface area contributed by atoms with Crippen molar-refractivity contribution in [3.63, 3.8) is 0 Å². The van der Waals surface area contributed by atoms with E-state index in [0.717, 1.165) is 16.3 Å². The molecule has 25 heavy (non-hydrogen) atoms. The molecule has 0 saturated heterocycles. The van der Waals surface area contributed by atoms with E-state index >= 15 is 0 Å². The molecule has 3 aromatic rings. The second kappa shape index (κ2) is 6.92. The van der Waals surface area contributed by atoms with E-state index in [1.807, 2.05) is 43.3 Å². The van der Waals surface area contributed by atoms with Crippen LogP contribution >= 0.6 is 0 Å². The third kappa shape index (κ3) is 3.69. The van der Waals surface area contributed by atoms with Crippen LogP contribution in [0.1, 0.15) is 15.9 Å². The van der Waals surface area contributed by atoms with Crippen LogP contribution in [-0.4, -0.2) is 17.0 Å². The highest BCUT2D eigenvalue weighted by Gasteiger charge is 2.13. The van der Waals surface area contributed by atoms with Gasteiger partial charge < -0.3 is 10.4 Å². The Balaban J connectivity index is 1.67. The number of hydrazine groups is 1. The summed E-state index contributed by atoms with van der Waals surface area (Å²) in [6.07, 6.45) is 0. The summed E-state index contributed by atoms with van der Waals surface area (Å²) in [6, 6.07) is 17.1. The molecule has 0 aliphatic rings. The number of phenolic OH excluding ortho intramolecular Hbond substituents is 1. The standard InChI is InChI=1S/C19H17N3O3/c1-12-6-2-5-9-16(12)20-19(25)22-21-18(24)15-10-13-7-3-4-8-14(13)11-17(15)23/h2-11,23H,1H3,(H,21,24)(H2,20,22,25). The van der Waals surface area contributed by atoms with Crippen molar-refractivity contribution in [3.8, 4) is 5.75 Å². The van der Waals surface area contributed by atoms with Crippen molar-refractivity contribution in [1.82, 2.24) is 10.9 Å². The monoisotopic (exact) mass is 335 g/mol. The van der Waals surface area contributed by atoms with Gasteiger partial charge in [-0.15, -0.1) is 0 Å². The van der Waals surface area contributed by atoms with E-state index in [9.17, 15) is 14.7 Å². The number of aromatic hydroxyl groups is 1. The Morgan fingerprint density at radius 3 is 2.24 bits per heavy atom. The third-order valence-electron chi connectivity index (χ3n) is 3.79. The van der Waals surface area contributed by atoms with E-state index in [4.69, 9.17) is 0 Å². The second-order valence-electron chi connectivity index (χ2n) is 5.56. The first-order valence-electron chi connectivity index (χ1n) is 7.69. The van der Waals surface area contributed by atoms with Crippen LogP contribution in [0.5, 0.6) is 5.75 Å². The summed E-state index contributed by atoms with van der Waals surface area (Å²) in [5.74, 6) is -0.763. The maximum atomic E-state index is 12.2. The Bertz CT molecular complexity index is 954.